The molecule has 9 nitrogen and oxygen atoms in total. The molecule has 2 aromatic carbocycles. The topological polar surface area (TPSA) is 107 Å². The quantitative estimate of drug-likeness (QED) is 0.663. The number of imide groups is 1. The maximum absolute atomic E-state index is 13.1. The highest BCUT2D eigenvalue weighted by Gasteiger charge is 2.35. The van der Waals surface area contributed by atoms with Crippen LogP contribution in [0.5, 0.6) is 0 Å². The summed E-state index contributed by atoms with van der Waals surface area (Å²) in [6, 6.07) is 13.3. The fraction of sp³-hybridized carbons (Fsp3) is 0.320. The predicted octanol–water partition coefficient (Wildman–Crippen LogP) is 2.29. The molecule has 0 aromatic heterocycles. The van der Waals surface area contributed by atoms with Crippen LogP contribution in [0.1, 0.15) is 46.9 Å². The van der Waals surface area contributed by atoms with Gasteiger partial charge in [-0.3, -0.25) is 28.9 Å². The molecule has 1 unspecified atom stereocenters. The number of benzene rings is 2. The first-order valence-corrected chi connectivity index (χ1v) is 11.2. The van der Waals surface area contributed by atoms with Gasteiger partial charge in [-0.1, -0.05) is 24.3 Å². The number of para-hydroxylation sites is 2. The SMILES string of the molecule is CC1CC(=O)Nc2ccccc2N1C(=O)CN(C)C(=O)CCCN1C(=O)c2ccccc2C1=O. The fourth-order valence-corrected chi connectivity index (χ4v) is 4.36. The highest BCUT2D eigenvalue weighted by molar-refractivity contribution is 6.21. The Labute approximate surface area is 197 Å². The van der Waals surface area contributed by atoms with Crippen LogP contribution in [-0.4, -0.2) is 65.5 Å². The molecule has 0 radical (unpaired) electrons. The van der Waals surface area contributed by atoms with Gasteiger partial charge in [0.15, 0.2) is 0 Å². The molecule has 0 saturated heterocycles. The fourth-order valence-electron chi connectivity index (χ4n) is 4.36. The van der Waals surface area contributed by atoms with Crippen LogP contribution in [0.4, 0.5) is 11.4 Å². The van der Waals surface area contributed by atoms with Crippen molar-refractivity contribution in [3.8, 4) is 0 Å². The number of hydrogen-bond acceptors (Lipinski definition) is 5. The van der Waals surface area contributed by atoms with Crippen LogP contribution in [-0.2, 0) is 14.4 Å². The zero-order valence-corrected chi connectivity index (χ0v) is 19.1. The van der Waals surface area contributed by atoms with Crippen LogP contribution in [0.15, 0.2) is 48.5 Å². The standard InChI is InChI=1S/C25H26N4O5/c1-16-14-21(30)26-19-10-5-6-11-20(19)29(16)23(32)15-27(2)22(31)12-7-13-28-24(33)17-8-3-4-9-18(17)25(28)34/h3-6,8-11,16H,7,12-15H2,1-2H3,(H,26,30). The lowest BCUT2D eigenvalue weighted by Crippen LogP contribution is -2.45. The molecule has 2 aliphatic rings. The molecule has 2 heterocycles. The minimum atomic E-state index is -0.367. The second-order valence-corrected chi connectivity index (χ2v) is 8.54. The normalized spacial score (nSPS) is 17.1. The maximum atomic E-state index is 13.1. The number of nitrogens with one attached hydrogen (secondary N) is 1. The van der Waals surface area contributed by atoms with E-state index in [1.165, 1.54) is 4.90 Å². The van der Waals surface area contributed by atoms with E-state index in [-0.39, 0.29) is 61.5 Å². The van der Waals surface area contributed by atoms with Crippen molar-refractivity contribution in [1.29, 1.82) is 0 Å². The summed E-state index contributed by atoms with van der Waals surface area (Å²) in [7, 11) is 1.54. The minimum Gasteiger partial charge on any atom is -0.336 e. The third kappa shape index (κ3) is 4.41. The van der Waals surface area contributed by atoms with Crippen LogP contribution in [0.25, 0.3) is 0 Å². The largest absolute Gasteiger partial charge is 0.336 e. The van der Waals surface area contributed by atoms with Crippen molar-refractivity contribution in [2.45, 2.75) is 32.2 Å². The lowest BCUT2D eigenvalue weighted by Gasteiger charge is -2.29. The zero-order valence-electron chi connectivity index (χ0n) is 19.1. The summed E-state index contributed by atoms with van der Waals surface area (Å²) >= 11 is 0. The molecule has 5 amide bonds. The Hall–Kier alpha value is -4.01. The summed E-state index contributed by atoms with van der Waals surface area (Å²) in [6.07, 6.45) is 0.534. The average Bonchev–Trinajstić information content (AvgIpc) is 2.96. The lowest BCUT2D eigenvalue weighted by molar-refractivity contribution is -0.134. The van der Waals surface area contributed by atoms with Gasteiger partial charge in [0.1, 0.15) is 0 Å². The molecule has 9 heteroatoms. The smallest absolute Gasteiger partial charge is 0.261 e. The van der Waals surface area contributed by atoms with E-state index < -0.39 is 0 Å². The van der Waals surface area contributed by atoms with Gasteiger partial charge >= 0.3 is 0 Å². The van der Waals surface area contributed by atoms with Gasteiger partial charge < -0.3 is 15.1 Å². The van der Waals surface area contributed by atoms with E-state index in [9.17, 15) is 24.0 Å². The van der Waals surface area contributed by atoms with Crippen LogP contribution < -0.4 is 10.2 Å². The highest BCUT2D eigenvalue weighted by atomic mass is 16.2. The highest BCUT2D eigenvalue weighted by Crippen LogP contribution is 2.31. The summed E-state index contributed by atoms with van der Waals surface area (Å²) in [5.41, 5.74) is 1.90. The van der Waals surface area contributed by atoms with E-state index in [2.05, 4.69) is 5.32 Å². The minimum absolute atomic E-state index is 0.0867. The molecule has 176 valence electrons. The molecule has 34 heavy (non-hydrogen) atoms. The van der Waals surface area contributed by atoms with Gasteiger partial charge in [0.25, 0.3) is 11.8 Å². The van der Waals surface area contributed by atoms with Crippen molar-refractivity contribution >= 4 is 40.9 Å². The van der Waals surface area contributed by atoms with E-state index in [0.717, 1.165) is 4.90 Å². The molecule has 1 atom stereocenters. The number of anilines is 2. The number of rotatable bonds is 6. The summed E-state index contributed by atoms with van der Waals surface area (Å²) in [4.78, 5) is 66.9. The van der Waals surface area contributed by atoms with Crippen LogP contribution in [0.3, 0.4) is 0 Å². The van der Waals surface area contributed by atoms with E-state index in [1.54, 1.807) is 67.4 Å². The molecule has 0 spiro atoms. The molecule has 0 saturated carbocycles. The van der Waals surface area contributed by atoms with Crippen molar-refractivity contribution < 1.29 is 24.0 Å². The van der Waals surface area contributed by atoms with E-state index in [0.29, 0.717) is 28.9 Å². The number of hydrogen-bond donors (Lipinski definition) is 1. The molecule has 2 aliphatic heterocycles. The molecule has 0 bridgehead atoms. The molecule has 2 aromatic rings. The van der Waals surface area contributed by atoms with Gasteiger partial charge in [-0.15, -0.1) is 0 Å². The summed E-state index contributed by atoms with van der Waals surface area (Å²) in [6.45, 7) is 1.77. The van der Waals surface area contributed by atoms with Gasteiger partial charge in [0, 0.05) is 32.5 Å². The van der Waals surface area contributed by atoms with Crippen molar-refractivity contribution in [3.05, 3.63) is 59.7 Å². The lowest BCUT2D eigenvalue weighted by atomic mass is 10.1. The number of likely N-dealkylation sites (N-methyl/N-ethyl adjacent to an activating group) is 1. The van der Waals surface area contributed by atoms with Crippen molar-refractivity contribution in [2.75, 3.05) is 30.4 Å². The van der Waals surface area contributed by atoms with Gasteiger partial charge in [0.05, 0.1) is 29.0 Å². The number of nitrogens with zero attached hydrogens (tertiary/aromatic N) is 3. The molecule has 1 N–H and O–H groups in total. The van der Waals surface area contributed by atoms with Crippen LogP contribution in [0, 0.1) is 0 Å². The predicted molar refractivity (Wildman–Crippen MR) is 125 cm³/mol. The first-order valence-electron chi connectivity index (χ1n) is 11.2. The Morgan fingerprint density at radius 3 is 2.29 bits per heavy atom. The molecule has 4 rings (SSSR count). The Morgan fingerprint density at radius 1 is 1.00 bits per heavy atom. The summed E-state index contributed by atoms with van der Waals surface area (Å²) in [5, 5.41) is 2.81. The molecular weight excluding hydrogens is 436 g/mol. The van der Waals surface area contributed by atoms with E-state index in [4.69, 9.17) is 0 Å². The molecular formula is C25H26N4O5. The van der Waals surface area contributed by atoms with Crippen molar-refractivity contribution in [1.82, 2.24) is 9.80 Å². The number of carbonyl (C=O) groups is 5. The first kappa shape index (κ1) is 23.2. The average molecular weight is 463 g/mol. The van der Waals surface area contributed by atoms with Crippen LogP contribution in [0.2, 0.25) is 0 Å². The Balaban J connectivity index is 1.34. The zero-order chi connectivity index (χ0) is 24.4. The third-order valence-electron chi connectivity index (χ3n) is 6.08. The Bertz CT molecular complexity index is 1140. The number of carbonyl (C=O) groups excluding carboxylic acids is 5. The molecule has 0 aliphatic carbocycles. The monoisotopic (exact) mass is 462 g/mol. The number of amides is 5. The van der Waals surface area contributed by atoms with E-state index in [1.807, 2.05) is 0 Å². The van der Waals surface area contributed by atoms with Crippen molar-refractivity contribution in [2.24, 2.45) is 0 Å². The summed E-state index contributed by atoms with van der Waals surface area (Å²) in [5.74, 6) is -1.45. The van der Waals surface area contributed by atoms with Crippen LogP contribution >= 0.6 is 0 Å². The van der Waals surface area contributed by atoms with E-state index >= 15 is 0 Å². The molecule has 0 fully saturated rings. The second-order valence-electron chi connectivity index (χ2n) is 8.54. The van der Waals surface area contributed by atoms with Gasteiger partial charge in [-0.2, -0.15) is 0 Å². The van der Waals surface area contributed by atoms with Crippen molar-refractivity contribution in [3.63, 3.8) is 0 Å². The van der Waals surface area contributed by atoms with Gasteiger partial charge in [0.2, 0.25) is 17.7 Å². The third-order valence-corrected chi connectivity index (χ3v) is 6.08. The Kier molecular flexibility index (Phi) is 6.45. The maximum Gasteiger partial charge on any atom is 0.261 e. The number of fused-ring (bicyclic) bond motifs is 2. The Morgan fingerprint density at radius 2 is 1.62 bits per heavy atom. The second kappa shape index (κ2) is 9.46. The summed E-state index contributed by atoms with van der Waals surface area (Å²) < 4.78 is 0. The first-order chi connectivity index (χ1) is 16.3. The van der Waals surface area contributed by atoms with Gasteiger partial charge in [-0.25, -0.2) is 0 Å². The van der Waals surface area contributed by atoms with Gasteiger partial charge in [-0.05, 0) is 37.6 Å².